The standard InChI is InChI=1S/C16H24N4O/c1-13(2)5-8-21-9-7-18-11-15-12-19-20-16(15)14-4-3-6-17-10-14/h3-4,6,10,12-13,18H,5,7-9,11H2,1-2H3,(H,19,20). The fourth-order valence-corrected chi connectivity index (χ4v) is 1.99. The maximum Gasteiger partial charge on any atom is 0.0710 e. The van der Waals surface area contributed by atoms with E-state index < -0.39 is 0 Å². The fourth-order valence-electron chi connectivity index (χ4n) is 1.99. The summed E-state index contributed by atoms with van der Waals surface area (Å²) in [5, 5.41) is 10.5. The second kappa shape index (κ2) is 8.54. The van der Waals surface area contributed by atoms with Crippen LogP contribution in [0.3, 0.4) is 0 Å². The predicted octanol–water partition coefficient (Wildman–Crippen LogP) is 2.62. The Kier molecular flexibility index (Phi) is 6.37. The summed E-state index contributed by atoms with van der Waals surface area (Å²) in [7, 11) is 0. The van der Waals surface area contributed by atoms with Gasteiger partial charge in [-0.15, -0.1) is 0 Å². The molecule has 2 rings (SSSR count). The molecule has 2 aromatic rings. The van der Waals surface area contributed by atoms with E-state index in [0.29, 0.717) is 5.92 Å². The molecule has 0 aliphatic carbocycles. The van der Waals surface area contributed by atoms with Gasteiger partial charge in [-0.05, 0) is 24.5 Å². The van der Waals surface area contributed by atoms with Gasteiger partial charge in [0.15, 0.2) is 0 Å². The highest BCUT2D eigenvalue weighted by molar-refractivity contribution is 5.61. The third-order valence-electron chi connectivity index (χ3n) is 3.25. The highest BCUT2D eigenvalue weighted by atomic mass is 16.5. The number of rotatable bonds is 9. The summed E-state index contributed by atoms with van der Waals surface area (Å²) in [6, 6.07) is 3.95. The normalized spacial score (nSPS) is 11.2. The minimum absolute atomic E-state index is 0.700. The molecule has 0 unspecified atom stereocenters. The Labute approximate surface area is 126 Å². The van der Waals surface area contributed by atoms with Crippen LogP contribution >= 0.6 is 0 Å². The molecule has 2 N–H and O–H groups in total. The van der Waals surface area contributed by atoms with Gasteiger partial charge in [0.25, 0.3) is 0 Å². The van der Waals surface area contributed by atoms with Gasteiger partial charge in [-0.1, -0.05) is 13.8 Å². The van der Waals surface area contributed by atoms with Gasteiger partial charge in [0.2, 0.25) is 0 Å². The second-order valence-electron chi connectivity index (χ2n) is 5.48. The number of nitrogens with one attached hydrogen (secondary N) is 2. The number of H-pyrrole nitrogens is 1. The topological polar surface area (TPSA) is 62.8 Å². The van der Waals surface area contributed by atoms with E-state index in [1.807, 2.05) is 24.5 Å². The summed E-state index contributed by atoms with van der Waals surface area (Å²) in [6.07, 6.45) is 6.58. The molecule has 0 aliphatic heterocycles. The Bertz CT molecular complexity index is 510. The van der Waals surface area contributed by atoms with Gasteiger partial charge in [0.1, 0.15) is 0 Å². The van der Waals surface area contributed by atoms with Crippen LogP contribution in [0.15, 0.2) is 30.7 Å². The van der Waals surface area contributed by atoms with E-state index in [4.69, 9.17) is 4.74 Å². The van der Waals surface area contributed by atoms with Gasteiger partial charge in [-0.3, -0.25) is 10.1 Å². The van der Waals surface area contributed by atoms with Crippen LogP contribution in [0, 0.1) is 5.92 Å². The quantitative estimate of drug-likeness (QED) is 0.696. The highest BCUT2D eigenvalue weighted by Crippen LogP contribution is 2.19. The summed E-state index contributed by atoms with van der Waals surface area (Å²) in [5.74, 6) is 0.700. The molecule has 0 saturated carbocycles. The molecule has 5 heteroatoms. The molecule has 0 aliphatic rings. The van der Waals surface area contributed by atoms with Crippen molar-refractivity contribution in [2.45, 2.75) is 26.8 Å². The van der Waals surface area contributed by atoms with Gasteiger partial charge in [-0.2, -0.15) is 5.10 Å². The molecule has 2 heterocycles. The van der Waals surface area contributed by atoms with E-state index in [-0.39, 0.29) is 0 Å². The molecule has 0 amide bonds. The molecule has 21 heavy (non-hydrogen) atoms. The lowest BCUT2D eigenvalue weighted by Crippen LogP contribution is -2.19. The number of hydrogen-bond donors (Lipinski definition) is 2. The lowest BCUT2D eigenvalue weighted by Gasteiger charge is -2.08. The van der Waals surface area contributed by atoms with Crippen LogP contribution in [-0.4, -0.2) is 34.9 Å². The van der Waals surface area contributed by atoms with Crippen molar-refractivity contribution in [3.05, 3.63) is 36.3 Å². The molecule has 0 atom stereocenters. The highest BCUT2D eigenvalue weighted by Gasteiger charge is 2.06. The number of aromatic amines is 1. The number of pyridine rings is 1. The van der Waals surface area contributed by atoms with Crippen molar-refractivity contribution in [2.24, 2.45) is 5.92 Å². The van der Waals surface area contributed by atoms with Crippen molar-refractivity contribution in [2.75, 3.05) is 19.8 Å². The monoisotopic (exact) mass is 288 g/mol. The summed E-state index contributed by atoms with van der Waals surface area (Å²) in [5.41, 5.74) is 3.22. The summed E-state index contributed by atoms with van der Waals surface area (Å²) in [6.45, 7) is 7.61. The van der Waals surface area contributed by atoms with Crippen molar-refractivity contribution >= 4 is 0 Å². The minimum atomic E-state index is 0.700. The van der Waals surface area contributed by atoms with Crippen LogP contribution in [-0.2, 0) is 11.3 Å². The lowest BCUT2D eigenvalue weighted by atomic mass is 10.1. The molecule has 0 radical (unpaired) electrons. The second-order valence-corrected chi connectivity index (χ2v) is 5.48. The fraction of sp³-hybridized carbons (Fsp3) is 0.500. The number of ether oxygens (including phenoxy) is 1. The van der Waals surface area contributed by atoms with Crippen LogP contribution in [0.2, 0.25) is 0 Å². The zero-order valence-electron chi connectivity index (χ0n) is 12.8. The summed E-state index contributed by atoms with van der Waals surface area (Å²) in [4.78, 5) is 4.14. The van der Waals surface area contributed by atoms with E-state index in [0.717, 1.165) is 49.5 Å². The maximum absolute atomic E-state index is 5.58. The first kappa shape index (κ1) is 15.7. The first-order valence-electron chi connectivity index (χ1n) is 7.48. The molecule has 2 aromatic heterocycles. The van der Waals surface area contributed by atoms with Crippen LogP contribution in [0.5, 0.6) is 0 Å². The average Bonchev–Trinajstić information content (AvgIpc) is 2.95. The van der Waals surface area contributed by atoms with Crippen molar-refractivity contribution in [3.8, 4) is 11.3 Å². The van der Waals surface area contributed by atoms with Crippen molar-refractivity contribution < 1.29 is 4.74 Å². The van der Waals surface area contributed by atoms with Gasteiger partial charge in [-0.25, -0.2) is 0 Å². The first-order chi connectivity index (χ1) is 10.3. The van der Waals surface area contributed by atoms with E-state index in [1.54, 1.807) is 6.20 Å². The third kappa shape index (κ3) is 5.28. The molecule has 0 aromatic carbocycles. The Morgan fingerprint density at radius 2 is 2.19 bits per heavy atom. The summed E-state index contributed by atoms with van der Waals surface area (Å²) < 4.78 is 5.58. The number of nitrogens with zero attached hydrogens (tertiary/aromatic N) is 2. The van der Waals surface area contributed by atoms with Crippen molar-refractivity contribution in [3.63, 3.8) is 0 Å². The molecule has 5 nitrogen and oxygen atoms in total. The van der Waals surface area contributed by atoms with E-state index >= 15 is 0 Å². The van der Waals surface area contributed by atoms with Crippen molar-refractivity contribution in [1.82, 2.24) is 20.5 Å². The molecule has 0 saturated heterocycles. The van der Waals surface area contributed by atoms with Crippen LogP contribution in [0.25, 0.3) is 11.3 Å². The lowest BCUT2D eigenvalue weighted by molar-refractivity contribution is 0.125. The molecule has 0 spiro atoms. The number of hydrogen-bond acceptors (Lipinski definition) is 4. The zero-order chi connectivity index (χ0) is 14.9. The predicted molar refractivity (Wildman–Crippen MR) is 83.8 cm³/mol. The largest absolute Gasteiger partial charge is 0.380 e. The maximum atomic E-state index is 5.58. The molecule has 0 bridgehead atoms. The molecular formula is C16H24N4O. The molecule has 114 valence electrons. The zero-order valence-corrected chi connectivity index (χ0v) is 12.8. The molecular weight excluding hydrogens is 264 g/mol. The third-order valence-corrected chi connectivity index (χ3v) is 3.25. The van der Waals surface area contributed by atoms with Crippen LogP contribution < -0.4 is 5.32 Å². The smallest absolute Gasteiger partial charge is 0.0710 e. The first-order valence-corrected chi connectivity index (χ1v) is 7.48. The van der Waals surface area contributed by atoms with E-state index in [1.165, 1.54) is 0 Å². The molecule has 0 fully saturated rings. The van der Waals surface area contributed by atoms with E-state index in [2.05, 4.69) is 34.3 Å². The van der Waals surface area contributed by atoms with Gasteiger partial charge >= 0.3 is 0 Å². The Balaban J connectivity index is 1.71. The van der Waals surface area contributed by atoms with E-state index in [9.17, 15) is 0 Å². The Hall–Kier alpha value is -1.72. The van der Waals surface area contributed by atoms with Crippen LogP contribution in [0.1, 0.15) is 25.8 Å². The average molecular weight is 288 g/mol. The van der Waals surface area contributed by atoms with Gasteiger partial charge in [0.05, 0.1) is 18.5 Å². The minimum Gasteiger partial charge on any atom is -0.380 e. The van der Waals surface area contributed by atoms with Crippen LogP contribution in [0.4, 0.5) is 0 Å². The summed E-state index contributed by atoms with van der Waals surface area (Å²) >= 11 is 0. The number of aromatic nitrogens is 3. The Morgan fingerprint density at radius 3 is 2.95 bits per heavy atom. The van der Waals surface area contributed by atoms with Gasteiger partial charge < -0.3 is 10.1 Å². The Morgan fingerprint density at radius 1 is 1.29 bits per heavy atom. The van der Waals surface area contributed by atoms with Gasteiger partial charge in [0, 0.05) is 43.2 Å². The SMILES string of the molecule is CC(C)CCOCCNCc1cn[nH]c1-c1cccnc1. The van der Waals surface area contributed by atoms with Crippen molar-refractivity contribution in [1.29, 1.82) is 0 Å².